The molecule has 0 bridgehead atoms. The van der Waals surface area contributed by atoms with Crippen LogP contribution >= 0.6 is 0 Å². The van der Waals surface area contributed by atoms with Crippen LogP contribution in [0.1, 0.15) is 63.9 Å². The normalized spacial score (nSPS) is 21.3. The number of likely N-dealkylation sites (tertiary alicyclic amines) is 1. The van der Waals surface area contributed by atoms with Crippen LogP contribution in [0.5, 0.6) is 5.75 Å². The van der Waals surface area contributed by atoms with Crippen molar-refractivity contribution in [3.8, 4) is 5.75 Å². The van der Waals surface area contributed by atoms with Crippen LogP contribution in [-0.4, -0.2) is 108 Å². The minimum Gasteiger partial charge on any atom is -0.494 e. The summed E-state index contributed by atoms with van der Waals surface area (Å²) in [7, 11) is 3.25. The first-order valence-electron chi connectivity index (χ1n) is 18.1. The number of piperidine rings is 2. The minimum absolute atomic E-state index is 0.00915. The molecular weight excluding hydrogens is 703 g/mol. The first kappa shape index (κ1) is 38.5. The fourth-order valence-corrected chi connectivity index (χ4v) is 7.80. The second-order valence-electron chi connectivity index (χ2n) is 14.2. The Labute approximate surface area is 305 Å². The van der Waals surface area contributed by atoms with Crippen LogP contribution in [0.15, 0.2) is 31.0 Å². The van der Waals surface area contributed by atoms with E-state index in [-0.39, 0.29) is 30.2 Å². The highest BCUT2D eigenvalue weighted by atomic mass is 19.4. The summed E-state index contributed by atoms with van der Waals surface area (Å²) in [4.78, 5) is 41.8. The number of nitrogens with zero attached hydrogens (tertiary/aromatic N) is 6. The van der Waals surface area contributed by atoms with Crippen molar-refractivity contribution in [2.75, 3.05) is 60.8 Å². The lowest BCUT2D eigenvalue weighted by molar-refractivity contribution is -0.172. The number of carbonyl (C=O) groups is 2. The van der Waals surface area contributed by atoms with Gasteiger partial charge in [-0.3, -0.25) is 9.69 Å². The molecule has 1 aliphatic carbocycles. The molecule has 0 spiro atoms. The second kappa shape index (κ2) is 15.6. The molecule has 4 aliphatic rings. The highest BCUT2D eigenvalue weighted by Crippen LogP contribution is 2.43. The quantitative estimate of drug-likeness (QED) is 0.202. The predicted molar refractivity (Wildman–Crippen MR) is 190 cm³/mol. The van der Waals surface area contributed by atoms with Crippen LogP contribution in [0.3, 0.4) is 0 Å². The fraction of sp³-hybridized carbons (Fsp3) is 0.611. The molecule has 0 radical (unpaired) electrons. The summed E-state index contributed by atoms with van der Waals surface area (Å²) in [5.41, 5.74) is 1.84. The van der Waals surface area contributed by atoms with Crippen molar-refractivity contribution in [2.24, 2.45) is 0 Å². The van der Waals surface area contributed by atoms with Gasteiger partial charge in [-0.2, -0.15) is 18.2 Å². The highest BCUT2D eigenvalue weighted by Gasteiger charge is 2.48. The van der Waals surface area contributed by atoms with Crippen LogP contribution in [-0.2, 0) is 16.1 Å². The van der Waals surface area contributed by atoms with Gasteiger partial charge in [-0.1, -0.05) is 6.58 Å². The number of anilines is 5. The lowest BCUT2D eigenvalue weighted by atomic mass is 9.90. The van der Waals surface area contributed by atoms with Crippen molar-refractivity contribution in [3.05, 3.63) is 36.5 Å². The Balaban J connectivity index is 1.27. The molecule has 1 saturated carbocycles. The lowest BCUT2D eigenvalue weighted by Gasteiger charge is -2.44. The van der Waals surface area contributed by atoms with E-state index in [0.29, 0.717) is 34.2 Å². The summed E-state index contributed by atoms with van der Waals surface area (Å²) < 4.78 is 81.0. The van der Waals surface area contributed by atoms with Gasteiger partial charge in [0.05, 0.1) is 36.8 Å². The summed E-state index contributed by atoms with van der Waals surface area (Å²) in [5.74, 6) is -2.90. The van der Waals surface area contributed by atoms with E-state index in [9.17, 15) is 31.5 Å². The van der Waals surface area contributed by atoms with Crippen molar-refractivity contribution in [3.63, 3.8) is 0 Å². The molecule has 6 rings (SSSR count). The molecule has 2 aromatic rings. The molecule has 12 nitrogen and oxygen atoms in total. The maximum Gasteiger partial charge on any atom is 0.408 e. The van der Waals surface area contributed by atoms with Crippen molar-refractivity contribution in [2.45, 2.75) is 101 Å². The highest BCUT2D eigenvalue weighted by molar-refractivity contribution is 6.02. The lowest BCUT2D eigenvalue weighted by Crippen LogP contribution is -2.58. The zero-order valence-electron chi connectivity index (χ0n) is 30.2. The number of hydrogen-bond donors (Lipinski definition) is 2. The number of amides is 3. The molecule has 2 N–H and O–H groups in total. The molecule has 1 aromatic carbocycles. The molecule has 1 aromatic heterocycles. The van der Waals surface area contributed by atoms with Crippen LogP contribution in [0, 0.1) is 0 Å². The summed E-state index contributed by atoms with van der Waals surface area (Å²) in [5, 5.41) is 5.98. The third-order valence-corrected chi connectivity index (χ3v) is 11.0. The van der Waals surface area contributed by atoms with Crippen LogP contribution < -0.4 is 25.2 Å². The maximum atomic E-state index is 14.1. The number of rotatable bonds is 10. The number of benzene rings is 1. The first-order chi connectivity index (χ1) is 25.2. The van der Waals surface area contributed by atoms with Crippen LogP contribution in [0.2, 0.25) is 0 Å². The van der Waals surface area contributed by atoms with E-state index in [1.54, 1.807) is 19.2 Å². The summed E-state index contributed by atoms with van der Waals surface area (Å²) in [6, 6.07) is 0.0562. The molecule has 4 heterocycles. The topological polar surface area (TPSA) is 115 Å². The van der Waals surface area contributed by atoms with Gasteiger partial charge in [0.15, 0.2) is 0 Å². The van der Waals surface area contributed by atoms with E-state index >= 15 is 0 Å². The monoisotopic (exact) mass is 750 g/mol. The fourth-order valence-electron chi connectivity index (χ4n) is 7.80. The number of ether oxygens (including phenoxy) is 2. The third kappa shape index (κ3) is 8.45. The Hall–Kier alpha value is -4.25. The zero-order valence-corrected chi connectivity index (χ0v) is 30.2. The Bertz CT molecular complexity index is 1650. The maximum absolute atomic E-state index is 14.1. The molecule has 290 valence electrons. The van der Waals surface area contributed by atoms with Crippen LogP contribution in [0.4, 0.5) is 55.6 Å². The number of hydrogen-bond acceptors (Lipinski definition) is 9. The molecule has 3 aliphatic heterocycles. The second-order valence-corrected chi connectivity index (χ2v) is 14.2. The average Bonchev–Trinajstić information content (AvgIpc) is 3.14. The SMILES string of the molecule is C=CC(=O)Nc1cc(Nc2ncc3c(n2)N(C2CCC(F)(F)CC2)C(=O)N([C@@H](C)C(F)(F)F)C3)c(OC)cc1N1CCC(N2CCC(OC)CC2)CC1. The molecule has 3 amide bonds. The number of nitrogens with one attached hydrogen (secondary N) is 2. The molecule has 0 unspecified atom stereocenters. The Morgan fingerprint density at radius 3 is 2.30 bits per heavy atom. The van der Waals surface area contributed by atoms with E-state index in [1.165, 1.54) is 19.4 Å². The molecule has 2 saturated heterocycles. The van der Waals surface area contributed by atoms with Crippen molar-refractivity contribution in [1.29, 1.82) is 0 Å². The van der Waals surface area contributed by atoms with E-state index in [0.717, 1.165) is 69.4 Å². The van der Waals surface area contributed by atoms with Gasteiger partial charge in [-0.25, -0.2) is 18.6 Å². The number of carbonyl (C=O) groups excluding carboxylic acids is 2. The van der Waals surface area contributed by atoms with Gasteiger partial charge in [0.1, 0.15) is 17.6 Å². The third-order valence-electron chi connectivity index (χ3n) is 11.0. The summed E-state index contributed by atoms with van der Waals surface area (Å²) in [6.45, 7) is 7.55. The van der Waals surface area contributed by atoms with E-state index < -0.39 is 55.5 Å². The Morgan fingerprint density at radius 1 is 1.02 bits per heavy atom. The molecular formula is C36H47F5N8O4. The smallest absolute Gasteiger partial charge is 0.408 e. The van der Waals surface area contributed by atoms with Gasteiger partial charge in [0.25, 0.3) is 0 Å². The molecule has 1 atom stereocenters. The van der Waals surface area contributed by atoms with Gasteiger partial charge in [-0.15, -0.1) is 0 Å². The van der Waals surface area contributed by atoms with Crippen molar-refractivity contribution in [1.82, 2.24) is 19.8 Å². The van der Waals surface area contributed by atoms with E-state index in [2.05, 4.69) is 37.0 Å². The van der Waals surface area contributed by atoms with Gasteiger partial charge >= 0.3 is 12.2 Å². The number of aromatic nitrogens is 2. The van der Waals surface area contributed by atoms with Gasteiger partial charge < -0.3 is 34.8 Å². The minimum atomic E-state index is -4.71. The summed E-state index contributed by atoms with van der Waals surface area (Å²) >= 11 is 0. The molecule has 53 heavy (non-hydrogen) atoms. The van der Waals surface area contributed by atoms with Gasteiger partial charge in [0, 0.05) is 76.0 Å². The number of halogens is 5. The van der Waals surface area contributed by atoms with Crippen LogP contribution in [0.25, 0.3) is 0 Å². The first-order valence-corrected chi connectivity index (χ1v) is 18.1. The zero-order chi connectivity index (χ0) is 38.1. The van der Waals surface area contributed by atoms with Crippen molar-refractivity contribution >= 4 is 40.8 Å². The number of methoxy groups -OCH3 is 2. The number of alkyl halides is 5. The number of fused-ring (bicyclic) bond motifs is 1. The molecule has 3 fully saturated rings. The number of urea groups is 1. The Morgan fingerprint density at radius 2 is 1.70 bits per heavy atom. The largest absolute Gasteiger partial charge is 0.494 e. The van der Waals surface area contributed by atoms with E-state index in [4.69, 9.17) is 9.47 Å². The van der Waals surface area contributed by atoms with Gasteiger partial charge in [-0.05, 0) is 57.6 Å². The summed E-state index contributed by atoms with van der Waals surface area (Å²) in [6.07, 6.45) is 0.768. The molecule has 17 heteroatoms. The van der Waals surface area contributed by atoms with E-state index in [1.807, 2.05) is 0 Å². The Kier molecular flexibility index (Phi) is 11.3. The average molecular weight is 751 g/mol. The van der Waals surface area contributed by atoms with Gasteiger partial charge in [0.2, 0.25) is 17.8 Å². The predicted octanol–water partition coefficient (Wildman–Crippen LogP) is 6.70. The standard InChI is InChI=1S/C36H47F5N8O4/c1-5-31(50)43-27-18-28(30(53-4)19-29(27)47-14-8-24(9-15-47)46-16-10-26(52-3)11-17-46)44-33-42-20-23-21-48(22(2)36(39,40)41)34(51)49(32(23)45-33)25-6-12-35(37,38)13-7-25/h5,18-20,22,24-26H,1,6-17,21H2,2-4H3,(H,43,50)(H,42,44,45)/t22-/m0/s1. The van der Waals surface area contributed by atoms with Crippen molar-refractivity contribution < 1.29 is 41.0 Å².